The van der Waals surface area contributed by atoms with Gasteiger partial charge in [0, 0.05) is 47.6 Å². The second-order valence-electron chi connectivity index (χ2n) is 13.5. The lowest BCUT2D eigenvalue weighted by Crippen LogP contribution is -2.01. The monoisotopic (exact) mass is 707 g/mol. The normalized spacial score (nSPS) is 11.7. The smallest absolute Gasteiger partial charge is 0.164 e. The zero-order chi connectivity index (χ0) is 35.6. The van der Waals surface area contributed by atoms with E-state index >= 15 is 0 Å². The third-order valence-corrected chi connectivity index (χ3v) is 11.6. The maximum absolute atomic E-state index is 6.25. The molecular formula is C49H29N3OS. The fourth-order valence-corrected chi connectivity index (χ4v) is 8.99. The largest absolute Gasteiger partial charge is 0.456 e. The molecule has 0 aliphatic rings. The van der Waals surface area contributed by atoms with E-state index < -0.39 is 0 Å². The first kappa shape index (κ1) is 30.7. The molecule has 0 aliphatic heterocycles. The van der Waals surface area contributed by atoms with Crippen molar-refractivity contribution >= 4 is 64.2 Å². The molecule has 54 heavy (non-hydrogen) atoms. The van der Waals surface area contributed by atoms with Gasteiger partial charge in [0.05, 0.1) is 0 Å². The van der Waals surface area contributed by atoms with Gasteiger partial charge >= 0.3 is 0 Å². The fourth-order valence-electron chi connectivity index (χ4n) is 7.76. The number of para-hydroxylation sites is 1. The lowest BCUT2D eigenvalue weighted by Gasteiger charge is -2.11. The first-order chi connectivity index (χ1) is 26.7. The highest BCUT2D eigenvalue weighted by Crippen LogP contribution is 2.41. The van der Waals surface area contributed by atoms with Crippen molar-refractivity contribution in [3.05, 3.63) is 176 Å². The van der Waals surface area contributed by atoms with E-state index in [0.29, 0.717) is 17.5 Å². The van der Waals surface area contributed by atoms with Gasteiger partial charge < -0.3 is 4.42 Å². The standard InChI is InChI=1S/C49H29N3OS/c1-2-12-35-32(10-1)11-7-17-39(35)48-50-47(51-49(52-48)41-18-9-20-43-45(41)40-14-3-5-19-42(40)53-43)34-28-24-31(25-29-34)30-22-26-33(27-23-30)36-15-8-16-38-37-13-4-6-21-44(37)54-46(36)38/h1-29H. The van der Waals surface area contributed by atoms with E-state index in [0.717, 1.165) is 60.5 Å². The Labute approximate surface area is 314 Å². The van der Waals surface area contributed by atoms with Gasteiger partial charge in [0.15, 0.2) is 17.5 Å². The van der Waals surface area contributed by atoms with E-state index in [9.17, 15) is 0 Å². The number of benzene rings is 8. The highest BCUT2D eigenvalue weighted by molar-refractivity contribution is 7.26. The number of rotatable bonds is 5. The van der Waals surface area contributed by atoms with E-state index in [4.69, 9.17) is 19.4 Å². The van der Waals surface area contributed by atoms with Gasteiger partial charge in [-0.05, 0) is 51.2 Å². The van der Waals surface area contributed by atoms with Crippen molar-refractivity contribution in [2.75, 3.05) is 0 Å². The summed E-state index contributed by atoms with van der Waals surface area (Å²) in [5.74, 6) is 1.85. The molecule has 11 rings (SSSR count). The second kappa shape index (κ2) is 12.3. The van der Waals surface area contributed by atoms with E-state index in [-0.39, 0.29) is 0 Å². The lowest BCUT2D eigenvalue weighted by molar-refractivity contribution is 0.669. The Morgan fingerprint density at radius 1 is 0.352 bits per heavy atom. The lowest BCUT2D eigenvalue weighted by atomic mass is 9.98. The summed E-state index contributed by atoms with van der Waals surface area (Å²) in [6.45, 7) is 0. The third-order valence-electron chi connectivity index (χ3n) is 10.4. The van der Waals surface area contributed by atoms with Crippen molar-refractivity contribution in [1.29, 1.82) is 0 Å². The summed E-state index contributed by atoms with van der Waals surface area (Å²) in [5.41, 5.74) is 9.19. The predicted molar refractivity (Wildman–Crippen MR) is 225 cm³/mol. The molecule has 0 unspecified atom stereocenters. The Morgan fingerprint density at radius 2 is 0.889 bits per heavy atom. The van der Waals surface area contributed by atoms with Crippen molar-refractivity contribution < 1.29 is 4.42 Å². The van der Waals surface area contributed by atoms with Crippen molar-refractivity contribution in [2.45, 2.75) is 0 Å². The highest BCUT2D eigenvalue weighted by atomic mass is 32.1. The Balaban J connectivity index is 1.00. The van der Waals surface area contributed by atoms with Crippen molar-refractivity contribution in [3.63, 3.8) is 0 Å². The van der Waals surface area contributed by atoms with Gasteiger partial charge in [0.1, 0.15) is 11.2 Å². The highest BCUT2D eigenvalue weighted by Gasteiger charge is 2.19. The van der Waals surface area contributed by atoms with Crippen LogP contribution in [0.1, 0.15) is 0 Å². The average Bonchev–Trinajstić information content (AvgIpc) is 3.82. The number of thiophene rings is 1. The number of fused-ring (bicyclic) bond motifs is 7. The van der Waals surface area contributed by atoms with Gasteiger partial charge in [0.25, 0.3) is 0 Å². The van der Waals surface area contributed by atoms with Crippen LogP contribution in [-0.4, -0.2) is 15.0 Å². The van der Waals surface area contributed by atoms with E-state index in [1.807, 2.05) is 41.7 Å². The van der Waals surface area contributed by atoms with Gasteiger partial charge in [0.2, 0.25) is 0 Å². The summed E-state index contributed by atoms with van der Waals surface area (Å²) in [5, 5.41) is 6.89. The number of nitrogens with zero attached hydrogens (tertiary/aromatic N) is 3. The molecule has 0 atom stereocenters. The van der Waals surface area contributed by atoms with Crippen LogP contribution in [0.25, 0.3) is 109 Å². The average molecular weight is 708 g/mol. The number of hydrogen-bond donors (Lipinski definition) is 0. The Morgan fingerprint density at radius 3 is 1.72 bits per heavy atom. The first-order valence-electron chi connectivity index (χ1n) is 18.0. The predicted octanol–water partition coefficient (Wildman–Crippen LogP) is 13.6. The van der Waals surface area contributed by atoms with Crippen LogP contribution >= 0.6 is 11.3 Å². The first-order valence-corrected chi connectivity index (χ1v) is 18.8. The van der Waals surface area contributed by atoms with Gasteiger partial charge in [-0.3, -0.25) is 0 Å². The summed E-state index contributed by atoms with van der Waals surface area (Å²) in [6.07, 6.45) is 0. The minimum absolute atomic E-state index is 0.605. The molecule has 3 aromatic heterocycles. The van der Waals surface area contributed by atoms with Gasteiger partial charge in [-0.25, -0.2) is 15.0 Å². The van der Waals surface area contributed by atoms with Gasteiger partial charge in [-0.15, -0.1) is 11.3 Å². The van der Waals surface area contributed by atoms with Crippen LogP contribution in [0.15, 0.2) is 180 Å². The summed E-state index contributed by atoms with van der Waals surface area (Å²) in [6, 6.07) is 61.6. The molecule has 252 valence electrons. The van der Waals surface area contributed by atoms with Gasteiger partial charge in [-0.2, -0.15) is 0 Å². The molecule has 0 aliphatic carbocycles. The zero-order valence-corrected chi connectivity index (χ0v) is 29.7. The van der Waals surface area contributed by atoms with E-state index in [1.54, 1.807) is 0 Å². The van der Waals surface area contributed by atoms with Crippen LogP contribution in [0.3, 0.4) is 0 Å². The summed E-state index contributed by atoms with van der Waals surface area (Å²) < 4.78 is 8.89. The Bertz CT molecular complexity index is 3210. The quantitative estimate of drug-likeness (QED) is 0.179. The second-order valence-corrected chi connectivity index (χ2v) is 14.6. The van der Waals surface area contributed by atoms with Crippen LogP contribution in [0, 0.1) is 0 Å². The molecule has 11 aromatic rings. The molecule has 4 nitrogen and oxygen atoms in total. The van der Waals surface area contributed by atoms with Crippen LogP contribution in [-0.2, 0) is 0 Å². The molecule has 8 aromatic carbocycles. The third kappa shape index (κ3) is 5.01. The molecule has 5 heteroatoms. The fraction of sp³-hybridized carbons (Fsp3) is 0. The van der Waals surface area contributed by atoms with Crippen molar-refractivity contribution in [2.24, 2.45) is 0 Å². The van der Waals surface area contributed by atoms with Crippen LogP contribution in [0.5, 0.6) is 0 Å². The number of hydrogen-bond acceptors (Lipinski definition) is 5. The maximum Gasteiger partial charge on any atom is 0.164 e. The number of furan rings is 1. The zero-order valence-electron chi connectivity index (χ0n) is 28.9. The Hall–Kier alpha value is -6.95. The van der Waals surface area contributed by atoms with Crippen LogP contribution in [0.2, 0.25) is 0 Å². The molecule has 0 bridgehead atoms. The minimum Gasteiger partial charge on any atom is -0.456 e. The summed E-state index contributed by atoms with van der Waals surface area (Å²) >= 11 is 1.86. The molecular weight excluding hydrogens is 679 g/mol. The van der Waals surface area contributed by atoms with Crippen LogP contribution in [0.4, 0.5) is 0 Å². The molecule has 0 amide bonds. The van der Waals surface area contributed by atoms with Gasteiger partial charge in [-0.1, -0.05) is 158 Å². The van der Waals surface area contributed by atoms with Crippen molar-refractivity contribution in [1.82, 2.24) is 15.0 Å². The molecule has 3 heterocycles. The number of aromatic nitrogens is 3. The molecule has 0 saturated carbocycles. The SMILES string of the molecule is c1ccc2c(-c3nc(-c4ccc(-c5ccc(-c6cccc7c6sc6ccccc67)cc5)cc4)nc(-c4cccc5oc6ccccc6c45)n3)cccc2c1. The molecule has 0 N–H and O–H groups in total. The van der Waals surface area contributed by atoms with Crippen molar-refractivity contribution in [3.8, 4) is 56.4 Å². The van der Waals surface area contributed by atoms with Crippen LogP contribution < -0.4 is 0 Å². The Kier molecular flexibility index (Phi) is 7.00. The maximum atomic E-state index is 6.25. The molecule has 0 saturated heterocycles. The molecule has 0 spiro atoms. The minimum atomic E-state index is 0.605. The summed E-state index contributed by atoms with van der Waals surface area (Å²) in [4.78, 5) is 15.4. The summed E-state index contributed by atoms with van der Waals surface area (Å²) in [7, 11) is 0. The van der Waals surface area contributed by atoms with E-state index in [1.165, 1.54) is 31.3 Å². The topological polar surface area (TPSA) is 51.8 Å². The molecule has 0 fully saturated rings. The van der Waals surface area contributed by atoms with E-state index in [2.05, 4.69) is 146 Å². The molecule has 0 radical (unpaired) electrons.